The van der Waals surface area contributed by atoms with E-state index in [2.05, 4.69) is 27.0 Å². The molecule has 11 heavy (non-hydrogen) atoms. The van der Waals surface area contributed by atoms with Gasteiger partial charge in [0.25, 0.3) is 0 Å². The van der Waals surface area contributed by atoms with E-state index in [-0.39, 0.29) is 0 Å². The van der Waals surface area contributed by atoms with Crippen LogP contribution in [0.3, 0.4) is 0 Å². The highest BCUT2D eigenvalue weighted by atomic mass is 14.1. The SMILES string of the molecule is C=CCCC(=C)CC(C)CC. The topological polar surface area (TPSA) is 0 Å². The maximum absolute atomic E-state index is 4.03. The monoisotopic (exact) mass is 152 g/mol. The fourth-order valence-corrected chi connectivity index (χ4v) is 1.05. The molecule has 0 fully saturated rings. The van der Waals surface area contributed by atoms with Crippen molar-refractivity contribution in [3.8, 4) is 0 Å². The highest BCUT2D eigenvalue weighted by Gasteiger charge is 2.00. The van der Waals surface area contributed by atoms with Crippen molar-refractivity contribution in [1.29, 1.82) is 0 Å². The van der Waals surface area contributed by atoms with Crippen molar-refractivity contribution in [3.63, 3.8) is 0 Å². The second-order valence-corrected chi connectivity index (χ2v) is 3.29. The zero-order valence-corrected chi connectivity index (χ0v) is 7.90. The Labute approximate surface area is 71.0 Å². The lowest BCUT2D eigenvalue weighted by Crippen LogP contribution is -1.93. The van der Waals surface area contributed by atoms with Crippen LogP contribution >= 0.6 is 0 Å². The molecule has 0 aromatic heterocycles. The van der Waals surface area contributed by atoms with Crippen molar-refractivity contribution >= 4 is 0 Å². The lowest BCUT2D eigenvalue weighted by molar-refractivity contribution is 0.548. The van der Waals surface area contributed by atoms with Gasteiger partial charge in [-0.1, -0.05) is 38.5 Å². The van der Waals surface area contributed by atoms with E-state index in [0.717, 1.165) is 18.8 Å². The molecule has 0 spiro atoms. The summed E-state index contributed by atoms with van der Waals surface area (Å²) >= 11 is 0. The van der Waals surface area contributed by atoms with Gasteiger partial charge in [-0.15, -0.1) is 6.58 Å². The summed E-state index contributed by atoms with van der Waals surface area (Å²) in [5.74, 6) is 0.798. The summed E-state index contributed by atoms with van der Waals surface area (Å²) in [7, 11) is 0. The summed E-state index contributed by atoms with van der Waals surface area (Å²) < 4.78 is 0. The lowest BCUT2D eigenvalue weighted by Gasteiger charge is -2.09. The van der Waals surface area contributed by atoms with Gasteiger partial charge < -0.3 is 0 Å². The van der Waals surface area contributed by atoms with Gasteiger partial charge in [-0.25, -0.2) is 0 Å². The molecule has 0 aliphatic rings. The van der Waals surface area contributed by atoms with E-state index in [0.29, 0.717) is 0 Å². The van der Waals surface area contributed by atoms with Crippen molar-refractivity contribution in [2.75, 3.05) is 0 Å². The number of rotatable bonds is 6. The lowest BCUT2D eigenvalue weighted by atomic mass is 9.97. The summed E-state index contributed by atoms with van der Waals surface area (Å²) in [4.78, 5) is 0. The molecule has 0 bridgehead atoms. The number of allylic oxidation sites excluding steroid dienone is 2. The smallest absolute Gasteiger partial charge is 0.0288 e. The van der Waals surface area contributed by atoms with Crippen molar-refractivity contribution in [3.05, 3.63) is 24.8 Å². The van der Waals surface area contributed by atoms with Crippen LogP contribution in [0.2, 0.25) is 0 Å². The van der Waals surface area contributed by atoms with E-state index in [1.807, 2.05) is 6.08 Å². The first-order valence-corrected chi connectivity index (χ1v) is 4.48. The summed E-state index contributed by atoms with van der Waals surface area (Å²) in [6.07, 6.45) is 6.60. The predicted molar refractivity (Wildman–Crippen MR) is 52.6 cm³/mol. The molecule has 0 aromatic carbocycles. The minimum Gasteiger partial charge on any atom is -0.103 e. The Hall–Kier alpha value is -0.520. The molecule has 0 saturated heterocycles. The fraction of sp³-hybridized carbons (Fsp3) is 0.636. The van der Waals surface area contributed by atoms with Crippen LogP contribution in [0.1, 0.15) is 39.5 Å². The molecule has 1 atom stereocenters. The second-order valence-electron chi connectivity index (χ2n) is 3.29. The summed E-state index contributed by atoms with van der Waals surface area (Å²) in [5.41, 5.74) is 1.37. The van der Waals surface area contributed by atoms with Gasteiger partial charge in [0, 0.05) is 0 Å². The minimum atomic E-state index is 0.798. The van der Waals surface area contributed by atoms with Crippen LogP contribution in [-0.4, -0.2) is 0 Å². The fourth-order valence-electron chi connectivity index (χ4n) is 1.05. The third-order valence-corrected chi connectivity index (χ3v) is 2.04. The molecule has 0 nitrogen and oxygen atoms in total. The maximum atomic E-state index is 4.03. The first kappa shape index (κ1) is 10.5. The van der Waals surface area contributed by atoms with Crippen LogP contribution < -0.4 is 0 Å². The van der Waals surface area contributed by atoms with Crippen LogP contribution in [0, 0.1) is 5.92 Å². The molecular weight excluding hydrogens is 132 g/mol. The molecule has 0 heterocycles. The van der Waals surface area contributed by atoms with Gasteiger partial charge in [0.1, 0.15) is 0 Å². The molecule has 0 aliphatic heterocycles. The summed E-state index contributed by atoms with van der Waals surface area (Å²) in [6.45, 7) is 12.2. The van der Waals surface area contributed by atoms with E-state index in [4.69, 9.17) is 0 Å². The Balaban J connectivity index is 3.43. The molecule has 0 radical (unpaired) electrons. The minimum absolute atomic E-state index is 0.798. The molecule has 0 heteroatoms. The summed E-state index contributed by atoms with van der Waals surface area (Å²) in [6, 6.07) is 0. The normalized spacial score (nSPS) is 12.5. The van der Waals surface area contributed by atoms with E-state index in [1.165, 1.54) is 18.4 Å². The van der Waals surface area contributed by atoms with Gasteiger partial charge in [0.15, 0.2) is 0 Å². The quantitative estimate of drug-likeness (QED) is 0.506. The van der Waals surface area contributed by atoms with E-state index >= 15 is 0 Å². The average molecular weight is 152 g/mol. The second kappa shape index (κ2) is 6.21. The Morgan fingerprint density at radius 3 is 2.64 bits per heavy atom. The van der Waals surface area contributed by atoms with Gasteiger partial charge in [0.05, 0.1) is 0 Å². The molecule has 0 rings (SSSR count). The Morgan fingerprint density at radius 2 is 2.18 bits per heavy atom. The van der Waals surface area contributed by atoms with E-state index < -0.39 is 0 Å². The molecule has 64 valence electrons. The van der Waals surface area contributed by atoms with Gasteiger partial charge in [0.2, 0.25) is 0 Å². The van der Waals surface area contributed by atoms with Gasteiger partial charge in [-0.3, -0.25) is 0 Å². The van der Waals surface area contributed by atoms with Gasteiger partial charge in [-0.2, -0.15) is 0 Å². The number of hydrogen-bond donors (Lipinski definition) is 0. The Bertz CT molecular complexity index is 122. The number of hydrogen-bond acceptors (Lipinski definition) is 0. The highest BCUT2D eigenvalue weighted by Crippen LogP contribution is 2.16. The van der Waals surface area contributed by atoms with Gasteiger partial charge in [-0.05, 0) is 25.2 Å². The molecule has 0 N–H and O–H groups in total. The standard InChI is InChI=1S/C11H20/c1-5-7-8-11(4)9-10(3)6-2/h5,10H,1,4,6-9H2,2-3H3. The molecule has 0 aliphatic carbocycles. The van der Waals surface area contributed by atoms with Gasteiger partial charge >= 0.3 is 0 Å². The molecular formula is C11H20. The third kappa shape index (κ3) is 5.90. The summed E-state index contributed by atoms with van der Waals surface area (Å²) in [5, 5.41) is 0. The van der Waals surface area contributed by atoms with Crippen LogP contribution in [0.15, 0.2) is 24.8 Å². The van der Waals surface area contributed by atoms with Crippen LogP contribution in [0.5, 0.6) is 0 Å². The Kier molecular flexibility index (Phi) is 5.91. The molecule has 1 unspecified atom stereocenters. The first-order valence-electron chi connectivity index (χ1n) is 4.48. The van der Waals surface area contributed by atoms with E-state index in [9.17, 15) is 0 Å². The van der Waals surface area contributed by atoms with Crippen molar-refractivity contribution in [2.45, 2.75) is 39.5 Å². The van der Waals surface area contributed by atoms with Crippen LogP contribution in [-0.2, 0) is 0 Å². The average Bonchev–Trinajstić information content (AvgIpc) is 2.00. The van der Waals surface area contributed by atoms with Crippen LogP contribution in [0.25, 0.3) is 0 Å². The largest absolute Gasteiger partial charge is 0.103 e. The third-order valence-electron chi connectivity index (χ3n) is 2.04. The predicted octanol–water partition coefficient (Wildman–Crippen LogP) is 3.95. The maximum Gasteiger partial charge on any atom is -0.0288 e. The van der Waals surface area contributed by atoms with Crippen molar-refractivity contribution < 1.29 is 0 Å². The highest BCUT2D eigenvalue weighted by molar-refractivity contribution is 4.96. The molecule has 0 aromatic rings. The zero-order chi connectivity index (χ0) is 8.69. The Morgan fingerprint density at radius 1 is 1.55 bits per heavy atom. The zero-order valence-electron chi connectivity index (χ0n) is 7.90. The van der Waals surface area contributed by atoms with Crippen molar-refractivity contribution in [1.82, 2.24) is 0 Å². The first-order chi connectivity index (χ1) is 5.20. The van der Waals surface area contributed by atoms with Crippen molar-refractivity contribution in [2.24, 2.45) is 5.92 Å². The van der Waals surface area contributed by atoms with E-state index in [1.54, 1.807) is 0 Å². The molecule has 0 saturated carbocycles. The molecule has 0 amide bonds. The van der Waals surface area contributed by atoms with Crippen LogP contribution in [0.4, 0.5) is 0 Å².